The lowest BCUT2D eigenvalue weighted by atomic mass is 10.00. The Balaban J connectivity index is 1.30. The zero-order valence-electron chi connectivity index (χ0n) is 15.5. The molecule has 28 heavy (non-hydrogen) atoms. The largest absolute Gasteiger partial charge is 0.381 e. The number of hydrogen-bond acceptors (Lipinski definition) is 5. The summed E-state index contributed by atoms with van der Waals surface area (Å²) >= 11 is 0. The molecule has 146 valence electrons. The number of ether oxygens (including phenoxy) is 2. The molecule has 0 radical (unpaired) electrons. The summed E-state index contributed by atoms with van der Waals surface area (Å²) in [6, 6.07) is 12.5. The van der Waals surface area contributed by atoms with Crippen LogP contribution < -0.4 is 0 Å². The molecule has 0 aliphatic carbocycles. The van der Waals surface area contributed by atoms with Gasteiger partial charge in [-0.15, -0.1) is 0 Å². The molecular formula is C22H22FNO4. The Morgan fingerprint density at radius 3 is 2.96 bits per heavy atom. The zero-order chi connectivity index (χ0) is 19.3. The molecule has 1 aromatic heterocycles. The highest BCUT2D eigenvalue weighted by Crippen LogP contribution is 2.22. The number of halogens is 1. The van der Waals surface area contributed by atoms with Crippen LogP contribution >= 0.6 is 0 Å². The maximum Gasteiger partial charge on any atom is 0.184 e. The van der Waals surface area contributed by atoms with E-state index in [2.05, 4.69) is 5.16 Å². The third-order valence-electron chi connectivity index (χ3n) is 5.09. The van der Waals surface area contributed by atoms with Crippen molar-refractivity contribution >= 4 is 16.6 Å². The maximum absolute atomic E-state index is 14.5. The molecule has 1 unspecified atom stereocenters. The van der Waals surface area contributed by atoms with Crippen LogP contribution in [0.25, 0.3) is 10.8 Å². The van der Waals surface area contributed by atoms with E-state index in [1.165, 1.54) is 0 Å². The molecular weight excluding hydrogens is 361 g/mol. The summed E-state index contributed by atoms with van der Waals surface area (Å²) in [4.78, 5) is 12.2. The SMILES string of the molecule is O=C(CCC1CCOC1)c1cc(COCc2ccc3ccccc3c2F)on1. The fourth-order valence-corrected chi connectivity index (χ4v) is 3.44. The molecule has 0 N–H and O–H groups in total. The van der Waals surface area contributed by atoms with E-state index in [1.807, 2.05) is 24.3 Å². The van der Waals surface area contributed by atoms with Crippen LogP contribution in [0.2, 0.25) is 0 Å². The lowest BCUT2D eigenvalue weighted by Gasteiger charge is -2.06. The molecule has 0 saturated carbocycles. The first-order chi connectivity index (χ1) is 13.7. The summed E-state index contributed by atoms with van der Waals surface area (Å²) < 4.78 is 30.6. The van der Waals surface area contributed by atoms with Crippen LogP contribution in [0.1, 0.15) is 41.1 Å². The van der Waals surface area contributed by atoms with Gasteiger partial charge in [-0.25, -0.2) is 4.39 Å². The monoisotopic (exact) mass is 383 g/mol. The summed E-state index contributed by atoms with van der Waals surface area (Å²) in [5, 5.41) is 5.26. The molecule has 3 aromatic rings. The Hall–Kier alpha value is -2.57. The Labute approximate surface area is 162 Å². The molecule has 0 spiro atoms. The van der Waals surface area contributed by atoms with Gasteiger partial charge in [-0.1, -0.05) is 41.6 Å². The average Bonchev–Trinajstić information content (AvgIpc) is 3.40. The zero-order valence-corrected chi connectivity index (χ0v) is 15.5. The smallest absolute Gasteiger partial charge is 0.184 e. The van der Waals surface area contributed by atoms with Crippen molar-refractivity contribution in [2.75, 3.05) is 13.2 Å². The van der Waals surface area contributed by atoms with Crippen molar-refractivity contribution in [2.24, 2.45) is 5.92 Å². The molecule has 1 aliphatic heterocycles. The van der Waals surface area contributed by atoms with Crippen LogP contribution in [0.4, 0.5) is 4.39 Å². The first kappa shape index (κ1) is 18.8. The second-order valence-electron chi connectivity index (χ2n) is 7.12. The maximum atomic E-state index is 14.5. The highest BCUT2D eigenvalue weighted by Gasteiger charge is 2.19. The van der Waals surface area contributed by atoms with Gasteiger partial charge in [0, 0.05) is 36.7 Å². The lowest BCUT2D eigenvalue weighted by molar-refractivity contribution is 0.0862. The molecule has 2 heterocycles. The van der Waals surface area contributed by atoms with Crippen molar-refractivity contribution in [2.45, 2.75) is 32.5 Å². The van der Waals surface area contributed by atoms with Crippen molar-refractivity contribution in [1.29, 1.82) is 0 Å². The molecule has 6 heteroatoms. The molecule has 4 rings (SSSR count). The third-order valence-corrected chi connectivity index (χ3v) is 5.09. The van der Waals surface area contributed by atoms with E-state index >= 15 is 0 Å². The molecule has 2 aromatic carbocycles. The number of rotatable bonds is 8. The number of carbonyl (C=O) groups excluding carboxylic acids is 1. The molecule has 1 fully saturated rings. The van der Waals surface area contributed by atoms with E-state index in [4.69, 9.17) is 14.0 Å². The standard InChI is InChI=1S/C22H22FNO4/c23-22-17(7-6-16-3-1-2-4-19(16)22)13-27-14-18-11-20(24-28-18)21(25)8-5-15-9-10-26-12-15/h1-4,6-7,11,15H,5,8-10,12-14H2. The Morgan fingerprint density at radius 1 is 1.21 bits per heavy atom. The highest BCUT2D eigenvalue weighted by molar-refractivity contribution is 5.94. The Bertz CT molecular complexity index is 962. The third kappa shape index (κ3) is 4.29. The van der Waals surface area contributed by atoms with Crippen LogP contribution in [0.3, 0.4) is 0 Å². The summed E-state index contributed by atoms with van der Waals surface area (Å²) in [6.07, 6.45) is 2.25. The molecule has 0 bridgehead atoms. The number of benzene rings is 2. The number of Topliss-reactive ketones (excluding diaryl/α,β-unsaturated/α-hetero) is 1. The van der Waals surface area contributed by atoms with Gasteiger partial charge < -0.3 is 14.0 Å². The van der Waals surface area contributed by atoms with Gasteiger partial charge in [0.05, 0.1) is 6.61 Å². The average molecular weight is 383 g/mol. The Morgan fingerprint density at radius 2 is 2.11 bits per heavy atom. The second kappa shape index (κ2) is 8.63. The molecule has 1 atom stereocenters. The fraction of sp³-hybridized carbons (Fsp3) is 0.364. The number of hydrogen-bond donors (Lipinski definition) is 0. The normalized spacial score (nSPS) is 16.7. The number of ketones is 1. The van der Waals surface area contributed by atoms with E-state index in [1.54, 1.807) is 18.2 Å². The predicted molar refractivity (Wildman–Crippen MR) is 101 cm³/mol. The van der Waals surface area contributed by atoms with Crippen LogP contribution in [-0.2, 0) is 22.7 Å². The topological polar surface area (TPSA) is 61.6 Å². The predicted octanol–water partition coefficient (Wildman–Crippen LogP) is 4.68. The van der Waals surface area contributed by atoms with Crippen LogP contribution in [0.5, 0.6) is 0 Å². The van der Waals surface area contributed by atoms with Crippen molar-refractivity contribution in [3.8, 4) is 0 Å². The van der Waals surface area contributed by atoms with E-state index < -0.39 is 0 Å². The quantitative estimate of drug-likeness (QED) is 0.529. The molecule has 0 amide bonds. The minimum atomic E-state index is -0.276. The summed E-state index contributed by atoms with van der Waals surface area (Å²) in [5.41, 5.74) is 0.794. The minimum absolute atomic E-state index is 0.0394. The van der Waals surface area contributed by atoms with E-state index in [9.17, 15) is 9.18 Å². The van der Waals surface area contributed by atoms with Crippen molar-refractivity contribution in [1.82, 2.24) is 5.16 Å². The van der Waals surface area contributed by atoms with E-state index in [0.29, 0.717) is 34.7 Å². The summed E-state index contributed by atoms with van der Waals surface area (Å²) in [7, 11) is 0. The van der Waals surface area contributed by atoms with Gasteiger partial charge in [-0.05, 0) is 24.1 Å². The molecule has 5 nitrogen and oxygen atoms in total. The number of nitrogens with zero attached hydrogens (tertiary/aromatic N) is 1. The fourth-order valence-electron chi connectivity index (χ4n) is 3.44. The lowest BCUT2D eigenvalue weighted by Crippen LogP contribution is -2.05. The van der Waals surface area contributed by atoms with Gasteiger partial charge >= 0.3 is 0 Å². The number of fused-ring (bicyclic) bond motifs is 1. The van der Waals surface area contributed by atoms with E-state index in [-0.39, 0.29) is 24.8 Å². The van der Waals surface area contributed by atoms with Gasteiger partial charge in [0.25, 0.3) is 0 Å². The van der Waals surface area contributed by atoms with Crippen molar-refractivity contribution in [3.63, 3.8) is 0 Å². The summed E-state index contributed by atoms with van der Waals surface area (Å²) in [6.45, 7) is 1.75. The van der Waals surface area contributed by atoms with Crippen LogP contribution in [0.15, 0.2) is 47.0 Å². The molecule has 1 saturated heterocycles. The van der Waals surface area contributed by atoms with Gasteiger partial charge in [0.2, 0.25) is 0 Å². The number of aromatic nitrogens is 1. The van der Waals surface area contributed by atoms with E-state index in [0.717, 1.165) is 31.4 Å². The van der Waals surface area contributed by atoms with Gasteiger partial charge in [-0.3, -0.25) is 4.79 Å². The van der Waals surface area contributed by atoms with Gasteiger partial charge in [-0.2, -0.15) is 0 Å². The van der Waals surface area contributed by atoms with Crippen molar-refractivity contribution in [3.05, 3.63) is 65.3 Å². The van der Waals surface area contributed by atoms with Gasteiger partial charge in [0.1, 0.15) is 18.1 Å². The van der Waals surface area contributed by atoms with Crippen LogP contribution in [0, 0.1) is 11.7 Å². The molecule has 1 aliphatic rings. The van der Waals surface area contributed by atoms with Crippen LogP contribution in [-0.4, -0.2) is 24.2 Å². The number of carbonyl (C=O) groups is 1. The minimum Gasteiger partial charge on any atom is -0.381 e. The first-order valence-electron chi connectivity index (χ1n) is 9.51. The first-order valence-corrected chi connectivity index (χ1v) is 9.51. The highest BCUT2D eigenvalue weighted by atomic mass is 19.1. The Kier molecular flexibility index (Phi) is 5.78. The second-order valence-corrected chi connectivity index (χ2v) is 7.12. The summed E-state index contributed by atoms with van der Waals surface area (Å²) in [5.74, 6) is 0.592. The van der Waals surface area contributed by atoms with Gasteiger partial charge in [0.15, 0.2) is 11.5 Å². The van der Waals surface area contributed by atoms with Crippen molar-refractivity contribution < 1.29 is 23.2 Å².